The monoisotopic (exact) mass is 395 g/mol. The second-order valence-electron chi connectivity index (χ2n) is 7.35. The van der Waals surface area contributed by atoms with Crippen molar-refractivity contribution in [1.82, 2.24) is 5.32 Å². The zero-order valence-corrected chi connectivity index (χ0v) is 16.3. The molecular formula is C23H22FNO4. The Morgan fingerprint density at radius 3 is 2.48 bits per heavy atom. The first-order chi connectivity index (χ1) is 14.0. The van der Waals surface area contributed by atoms with Crippen molar-refractivity contribution < 1.29 is 23.5 Å². The topological polar surface area (TPSA) is 64.6 Å². The van der Waals surface area contributed by atoms with Gasteiger partial charge in [0.2, 0.25) is 5.91 Å². The van der Waals surface area contributed by atoms with Crippen LogP contribution in [0.2, 0.25) is 0 Å². The molecule has 29 heavy (non-hydrogen) atoms. The van der Waals surface area contributed by atoms with Crippen molar-refractivity contribution in [2.24, 2.45) is 0 Å². The predicted octanol–water partition coefficient (Wildman–Crippen LogP) is 3.85. The summed E-state index contributed by atoms with van der Waals surface area (Å²) in [5.41, 5.74) is 2.35. The number of hydrogen-bond donors (Lipinski definition) is 1. The fraction of sp³-hybridized carbons (Fsp3) is 0.304. The summed E-state index contributed by atoms with van der Waals surface area (Å²) in [6.07, 6.45) is 0.809. The zero-order chi connectivity index (χ0) is 20.5. The third-order valence-corrected chi connectivity index (χ3v) is 5.69. The SMILES string of the molecule is COc1ccc(OC)c([C@H]2CC(=O)C3=C(C2)NC(=O)C[C@H]3c2ccccc2F)c1. The Kier molecular flexibility index (Phi) is 5.09. The van der Waals surface area contributed by atoms with Gasteiger partial charge in [-0.15, -0.1) is 0 Å². The van der Waals surface area contributed by atoms with Crippen LogP contribution < -0.4 is 14.8 Å². The number of methoxy groups -OCH3 is 2. The van der Waals surface area contributed by atoms with E-state index in [2.05, 4.69) is 5.32 Å². The van der Waals surface area contributed by atoms with E-state index in [1.807, 2.05) is 12.1 Å². The van der Waals surface area contributed by atoms with Crippen molar-refractivity contribution in [3.63, 3.8) is 0 Å². The summed E-state index contributed by atoms with van der Waals surface area (Å²) in [7, 11) is 3.16. The number of benzene rings is 2. The molecule has 0 unspecified atom stereocenters. The molecule has 0 aromatic heterocycles. The van der Waals surface area contributed by atoms with Gasteiger partial charge in [0.25, 0.3) is 0 Å². The fourth-order valence-corrected chi connectivity index (χ4v) is 4.36. The number of nitrogens with one attached hydrogen (secondary N) is 1. The maximum absolute atomic E-state index is 14.4. The average Bonchev–Trinajstić information content (AvgIpc) is 2.72. The van der Waals surface area contributed by atoms with E-state index >= 15 is 0 Å². The van der Waals surface area contributed by atoms with Gasteiger partial charge in [-0.25, -0.2) is 4.39 Å². The minimum absolute atomic E-state index is 0.0681. The van der Waals surface area contributed by atoms with Gasteiger partial charge in [-0.05, 0) is 36.2 Å². The summed E-state index contributed by atoms with van der Waals surface area (Å²) in [4.78, 5) is 25.5. The number of allylic oxidation sites excluding steroid dienone is 2. The number of ether oxygens (including phenoxy) is 2. The maximum atomic E-state index is 14.4. The van der Waals surface area contributed by atoms with E-state index in [1.54, 1.807) is 38.5 Å². The summed E-state index contributed by atoms with van der Waals surface area (Å²) in [5, 5.41) is 2.86. The van der Waals surface area contributed by atoms with Crippen LogP contribution in [-0.2, 0) is 9.59 Å². The lowest BCUT2D eigenvalue weighted by Gasteiger charge is -2.35. The first-order valence-corrected chi connectivity index (χ1v) is 9.54. The number of ketones is 1. The van der Waals surface area contributed by atoms with Gasteiger partial charge >= 0.3 is 0 Å². The third-order valence-electron chi connectivity index (χ3n) is 5.69. The van der Waals surface area contributed by atoms with Crippen LogP contribution in [0.4, 0.5) is 4.39 Å². The molecular weight excluding hydrogens is 373 g/mol. The summed E-state index contributed by atoms with van der Waals surface area (Å²) in [5.74, 6) is -0.0576. The second kappa shape index (κ2) is 7.70. The summed E-state index contributed by atoms with van der Waals surface area (Å²) < 4.78 is 25.2. The van der Waals surface area contributed by atoms with Gasteiger partial charge in [-0.2, -0.15) is 0 Å². The Labute approximate surface area is 168 Å². The Morgan fingerprint density at radius 1 is 0.966 bits per heavy atom. The smallest absolute Gasteiger partial charge is 0.225 e. The Morgan fingerprint density at radius 2 is 1.76 bits per heavy atom. The number of amides is 1. The first-order valence-electron chi connectivity index (χ1n) is 9.54. The lowest BCUT2D eigenvalue weighted by Crippen LogP contribution is -2.38. The van der Waals surface area contributed by atoms with E-state index in [4.69, 9.17) is 9.47 Å². The minimum atomic E-state index is -0.555. The van der Waals surface area contributed by atoms with Gasteiger partial charge in [-0.3, -0.25) is 9.59 Å². The van der Waals surface area contributed by atoms with Crippen molar-refractivity contribution in [1.29, 1.82) is 0 Å². The average molecular weight is 395 g/mol. The molecule has 0 radical (unpaired) electrons. The van der Waals surface area contributed by atoms with Crippen LogP contribution in [0.15, 0.2) is 53.7 Å². The van der Waals surface area contributed by atoms with Gasteiger partial charge in [0.1, 0.15) is 17.3 Å². The van der Waals surface area contributed by atoms with Crippen molar-refractivity contribution >= 4 is 11.7 Å². The van der Waals surface area contributed by atoms with Crippen LogP contribution >= 0.6 is 0 Å². The number of carbonyl (C=O) groups is 2. The first kappa shape index (κ1) is 19.2. The second-order valence-corrected chi connectivity index (χ2v) is 7.35. The Hall–Kier alpha value is -3.15. The molecule has 5 nitrogen and oxygen atoms in total. The highest BCUT2D eigenvalue weighted by molar-refractivity contribution is 6.02. The Balaban J connectivity index is 1.75. The van der Waals surface area contributed by atoms with Gasteiger partial charge in [0.15, 0.2) is 5.78 Å². The highest BCUT2D eigenvalue weighted by Gasteiger charge is 2.39. The van der Waals surface area contributed by atoms with Crippen LogP contribution in [0.1, 0.15) is 42.2 Å². The van der Waals surface area contributed by atoms with Crippen molar-refractivity contribution in [3.8, 4) is 11.5 Å². The minimum Gasteiger partial charge on any atom is -0.497 e. The molecule has 1 aliphatic carbocycles. The molecule has 0 fully saturated rings. The van der Waals surface area contributed by atoms with E-state index in [-0.39, 0.29) is 30.4 Å². The van der Waals surface area contributed by atoms with Crippen LogP contribution in [0.3, 0.4) is 0 Å². The van der Waals surface area contributed by atoms with E-state index in [1.165, 1.54) is 6.07 Å². The van der Waals surface area contributed by atoms with Crippen LogP contribution in [0.5, 0.6) is 11.5 Å². The molecule has 4 rings (SSSR count). The summed E-state index contributed by atoms with van der Waals surface area (Å²) in [6, 6.07) is 11.8. The van der Waals surface area contributed by atoms with Gasteiger partial charge in [0.05, 0.1) is 14.2 Å². The molecule has 0 spiro atoms. The fourth-order valence-electron chi connectivity index (χ4n) is 4.36. The quantitative estimate of drug-likeness (QED) is 0.854. The van der Waals surface area contributed by atoms with Gasteiger partial charge < -0.3 is 14.8 Å². The molecule has 0 saturated heterocycles. The lowest BCUT2D eigenvalue weighted by atomic mass is 9.73. The summed E-state index contributed by atoms with van der Waals surface area (Å²) >= 11 is 0. The number of halogens is 1. The van der Waals surface area contributed by atoms with E-state index in [0.717, 1.165) is 5.56 Å². The van der Waals surface area contributed by atoms with Crippen molar-refractivity contribution in [2.75, 3.05) is 14.2 Å². The number of Topliss-reactive ketones (excluding diaryl/α,β-unsaturated/α-hetero) is 1. The number of rotatable bonds is 4. The highest BCUT2D eigenvalue weighted by atomic mass is 19.1. The molecule has 150 valence electrons. The normalized spacial score (nSPS) is 21.5. The predicted molar refractivity (Wildman–Crippen MR) is 105 cm³/mol. The van der Waals surface area contributed by atoms with Crippen molar-refractivity contribution in [2.45, 2.75) is 31.1 Å². The van der Waals surface area contributed by atoms with Crippen LogP contribution in [0, 0.1) is 5.82 Å². The van der Waals surface area contributed by atoms with Crippen LogP contribution in [-0.4, -0.2) is 25.9 Å². The highest BCUT2D eigenvalue weighted by Crippen LogP contribution is 2.45. The van der Waals surface area contributed by atoms with Gasteiger partial charge in [-0.1, -0.05) is 18.2 Å². The third kappa shape index (κ3) is 3.50. The number of hydrogen-bond acceptors (Lipinski definition) is 4. The zero-order valence-electron chi connectivity index (χ0n) is 16.3. The Bertz CT molecular complexity index is 1010. The summed E-state index contributed by atoms with van der Waals surface area (Å²) in [6.45, 7) is 0. The number of carbonyl (C=O) groups excluding carboxylic acids is 2. The molecule has 2 aromatic carbocycles. The molecule has 2 aromatic rings. The lowest BCUT2D eigenvalue weighted by molar-refractivity contribution is -0.122. The molecule has 2 atom stereocenters. The standard InChI is InChI=1S/C23H22FNO4/c1-28-14-7-8-21(29-2)16(11-14)13-9-19-23(20(26)10-13)17(12-22(27)25-19)15-5-3-4-6-18(15)24/h3-8,11,13,17H,9-10,12H2,1-2H3,(H,25,27)/t13-,17+/m1/s1. The molecule has 2 aliphatic rings. The molecule has 0 saturated carbocycles. The van der Waals surface area contributed by atoms with E-state index in [9.17, 15) is 14.0 Å². The van der Waals surface area contributed by atoms with E-state index in [0.29, 0.717) is 34.8 Å². The van der Waals surface area contributed by atoms with Gasteiger partial charge in [0, 0.05) is 41.5 Å². The maximum Gasteiger partial charge on any atom is 0.225 e. The van der Waals surface area contributed by atoms with Crippen molar-refractivity contribution in [3.05, 3.63) is 70.7 Å². The molecule has 1 heterocycles. The molecule has 1 amide bonds. The van der Waals surface area contributed by atoms with Crippen LogP contribution in [0.25, 0.3) is 0 Å². The molecule has 1 N–H and O–H groups in total. The molecule has 0 bridgehead atoms. The largest absolute Gasteiger partial charge is 0.497 e. The molecule has 6 heteroatoms. The van der Waals surface area contributed by atoms with E-state index < -0.39 is 11.7 Å². The molecule has 1 aliphatic heterocycles.